The van der Waals surface area contributed by atoms with Crippen LogP contribution in [0.3, 0.4) is 0 Å². The molecule has 1 heterocycles. The summed E-state index contributed by atoms with van der Waals surface area (Å²) in [7, 11) is -7.98. The van der Waals surface area contributed by atoms with Gasteiger partial charge in [-0.05, 0) is 41.5 Å². The smallest absolute Gasteiger partial charge is 0.250 e. The van der Waals surface area contributed by atoms with Crippen LogP contribution < -0.4 is 9.86 Å². The number of guanidine groups is 1. The Morgan fingerprint density at radius 2 is 1.79 bits per heavy atom. The summed E-state index contributed by atoms with van der Waals surface area (Å²) in [4.78, 5) is 4.16. The van der Waals surface area contributed by atoms with Crippen molar-refractivity contribution in [2.75, 3.05) is 18.8 Å². The fourth-order valence-electron chi connectivity index (χ4n) is 3.84. The number of aliphatic imine (C=N–C) groups is 1. The second kappa shape index (κ2) is 11.4. The molecule has 0 unspecified atom stereocenters. The van der Waals surface area contributed by atoms with Crippen LogP contribution >= 0.6 is 11.6 Å². The Kier molecular flexibility index (Phi) is 8.18. The first-order valence-corrected chi connectivity index (χ1v) is 14.9. The van der Waals surface area contributed by atoms with E-state index in [9.17, 15) is 16.8 Å². The highest BCUT2D eigenvalue weighted by atomic mass is 35.5. The predicted octanol–water partition coefficient (Wildman–Crippen LogP) is 2.75. The summed E-state index contributed by atoms with van der Waals surface area (Å²) in [5, 5.41) is 11.8. The van der Waals surface area contributed by atoms with Gasteiger partial charge in [0.15, 0.2) is 0 Å². The molecule has 12 heteroatoms. The first-order chi connectivity index (χ1) is 18.1. The third-order valence-corrected chi connectivity index (χ3v) is 8.00. The van der Waals surface area contributed by atoms with Crippen LogP contribution in [0, 0.1) is 12.3 Å². The predicted molar refractivity (Wildman–Crippen MR) is 149 cm³/mol. The van der Waals surface area contributed by atoms with Gasteiger partial charge in [0, 0.05) is 16.5 Å². The summed E-state index contributed by atoms with van der Waals surface area (Å²) in [6.07, 6.45) is 5.43. The van der Waals surface area contributed by atoms with E-state index in [1.54, 1.807) is 18.2 Å². The van der Waals surface area contributed by atoms with Crippen LogP contribution in [-0.4, -0.2) is 52.4 Å². The molecule has 1 aliphatic heterocycles. The Balaban J connectivity index is 1.75. The zero-order chi connectivity index (χ0) is 27.3. The van der Waals surface area contributed by atoms with Gasteiger partial charge in [-0.1, -0.05) is 66.1 Å². The molecule has 0 bridgehead atoms. The number of halogens is 1. The summed E-state index contributed by atoms with van der Waals surface area (Å²) in [6.45, 7) is -0.0392. The first kappa shape index (κ1) is 27.3. The Hall–Kier alpha value is -3.69. The number of primary sulfonamides is 1. The molecule has 9 nitrogen and oxygen atoms in total. The molecule has 0 radical (unpaired) electrons. The van der Waals surface area contributed by atoms with E-state index >= 15 is 0 Å². The SMILES string of the molecule is C#Cc1cccc(S(=O)(=O)NC(=NCCS(N)(=O)=O)N2C[C@H](c3ccccc3)C(c3ccc(Cl)cc3)=N2)c1. The Labute approximate surface area is 227 Å². The maximum absolute atomic E-state index is 13.3. The van der Waals surface area contributed by atoms with E-state index in [0.717, 1.165) is 11.1 Å². The second-order valence-electron chi connectivity index (χ2n) is 8.39. The van der Waals surface area contributed by atoms with Gasteiger partial charge in [-0.3, -0.25) is 0 Å². The number of hydrazone groups is 1. The molecule has 4 rings (SSSR count). The van der Waals surface area contributed by atoms with Gasteiger partial charge in [0.1, 0.15) is 0 Å². The number of nitrogens with one attached hydrogen (secondary N) is 1. The quantitative estimate of drug-likeness (QED) is 0.256. The van der Waals surface area contributed by atoms with Gasteiger partial charge >= 0.3 is 0 Å². The lowest BCUT2D eigenvalue weighted by Gasteiger charge is -2.20. The molecular weight excluding hydrogens is 546 g/mol. The van der Waals surface area contributed by atoms with Crippen molar-refractivity contribution >= 4 is 43.3 Å². The highest BCUT2D eigenvalue weighted by molar-refractivity contribution is 7.90. The average Bonchev–Trinajstić information content (AvgIpc) is 3.34. The number of hydrogen-bond donors (Lipinski definition) is 2. The Morgan fingerprint density at radius 3 is 2.45 bits per heavy atom. The number of rotatable bonds is 7. The third-order valence-electron chi connectivity index (χ3n) is 5.67. The summed E-state index contributed by atoms with van der Waals surface area (Å²) in [6, 6.07) is 22.6. The van der Waals surface area contributed by atoms with Crippen molar-refractivity contribution in [3.8, 4) is 12.3 Å². The van der Waals surface area contributed by atoms with Gasteiger partial charge in [-0.15, -0.1) is 6.42 Å². The van der Waals surface area contributed by atoms with Crippen molar-refractivity contribution < 1.29 is 16.8 Å². The van der Waals surface area contributed by atoms with Gasteiger partial charge < -0.3 is 0 Å². The zero-order valence-electron chi connectivity index (χ0n) is 20.0. The molecule has 0 fully saturated rings. The number of hydrogen-bond acceptors (Lipinski definition) is 6. The topological polar surface area (TPSA) is 134 Å². The standard InChI is InChI=1S/C26H24ClN5O4S2/c1-2-19-7-6-10-23(17-19)38(35,36)31-26(29-15-16-37(28,33)34)32-18-24(20-8-4-3-5-9-20)25(30-32)21-11-13-22(27)14-12-21/h1,3-14,17,24H,15-16,18H2,(H,29,31)(H2,28,33,34)/t24-/m1/s1. The van der Waals surface area contributed by atoms with Crippen LogP contribution in [-0.2, 0) is 20.0 Å². The Morgan fingerprint density at radius 1 is 1.08 bits per heavy atom. The van der Waals surface area contributed by atoms with E-state index in [1.807, 2.05) is 42.5 Å². The molecule has 196 valence electrons. The fourth-order valence-corrected chi connectivity index (χ4v) is 5.38. The van der Waals surface area contributed by atoms with Crippen LogP contribution in [0.2, 0.25) is 5.02 Å². The second-order valence-corrected chi connectivity index (χ2v) is 12.2. The summed E-state index contributed by atoms with van der Waals surface area (Å²) >= 11 is 6.08. The van der Waals surface area contributed by atoms with Crippen LogP contribution in [0.4, 0.5) is 0 Å². The molecule has 0 amide bonds. The molecule has 0 aromatic heterocycles. The van der Waals surface area contributed by atoms with Gasteiger partial charge in [-0.25, -0.2) is 36.7 Å². The highest BCUT2D eigenvalue weighted by Crippen LogP contribution is 2.29. The molecule has 38 heavy (non-hydrogen) atoms. The number of benzene rings is 3. The van der Waals surface area contributed by atoms with Gasteiger partial charge in [0.2, 0.25) is 16.0 Å². The molecule has 0 saturated heterocycles. The van der Waals surface area contributed by atoms with Crippen LogP contribution in [0.1, 0.15) is 22.6 Å². The van der Waals surface area contributed by atoms with Crippen molar-refractivity contribution in [3.05, 3.63) is 101 Å². The van der Waals surface area contributed by atoms with Crippen molar-refractivity contribution in [3.63, 3.8) is 0 Å². The normalized spacial score (nSPS) is 16.1. The minimum atomic E-state index is -4.15. The minimum absolute atomic E-state index is 0.0761. The molecule has 0 spiro atoms. The number of sulfonamides is 2. The number of nitrogens with zero attached hydrogens (tertiary/aromatic N) is 3. The lowest BCUT2D eigenvalue weighted by Crippen LogP contribution is -2.41. The van der Waals surface area contributed by atoms with Crippen molar-refractivity contribution in [2.45, 2.75) is 10.8 Å². The van der Waals surface area contributed by atoms with Gasteiger partial charge in [0.25, 0.3) is 10.0 Å². The molecule has 0 saturated carbocycles. The van der Waals surface area contributed by atoms with E-state index in [1.165, 1.54) is 23.2 Å². The van der Waals surface area contributed by atoms with Crippen LogP contribution in [0.15, 0.2) is 93.9 Å². The van der Waals surface area contributed by atoms with Crippen molar-refractivity contribution in [1.82, 2.24) is 9.73 Å². The first-order valence-electron chi connectivity index (χ1n) is 11.4. The molecular formula is C26H24ClN5O4S2. The average molecular weight is 570 g/mol. The van der Waals surface area contributed by atoms with E-state index in [0.29, 0.717) is 16.3 Å². The molecule has 1 atom stereocenters. The third kappa shape index (κ3) is 6.79. The van der Waals surface area contributed by atoms with Crippen molar-refractivity contribution in [1.29, 1.82) is 0 Å². The highest BCUT2D eigenvalue weighted by Gasteiger charge is 2.33. The summed E-state index contributed by atoms with van der Waals surface area (Å²) in [5.41, 5.74) is 2.80. The molecule has 3 N–H and O–H groups in total. The minimum Gasteiger partial charge on any atom is -0.250 e. The maximum Gasteiger partial charge on any atom is 0.264 e. The molecule has 3 aromatic rings. The summed E-state index contributed by atoms with van der Waals surface area (Å²) < 4.78 is 52.0. The van der Waals surface area contributed by atoms with E-state index < -0.39 is 25.8 Å². The van der Waals surface area contributed by atoms with Crippen molar-refractivity contribution in [2.24, 2.45) is 15.2 Å². The monoisotopic (exact) mass is 569 g/mol. The van der Waals surface area contributed by atoms with Crippen LogP contribution in [0.5, 0.6) is 0 Å². The Bertz CT molecular complexity index is 1630. The van der Waals surface area contributed by atoms with E-state index in [-0.39, 0.29) is 29.9 Å². The van der Waals surface area contributed by atoms with E-state index in [4.69, 9.17) is 28.3 Å². The molecule has 0 aliphatic carbocycles. The molecule has 3 aromatic carbocycles. The largest absolute Gasteiger partial charge is 0.264 e. The zero-order valence-corrected chi connectivity index (χ0v) is 22.4. The maximum atomic E-state index is 13.3. The lowest BCUT2D eigenvalue weighted by molar-refractivity contribution is 0.461. The van der Waals surface area contributed by atoms with Gasteiger partial charge in [-0.2, -0.15) is 5.10 Å². The number of nitrogens with two attached hydrogens (primary N) is 1. The summed E-state index contributed by atoms with van der Waals surface area (Å²) in [5.74, 6) is 1.54. The van der Waals surface area contributed by atoms with Crippen LogP contribution in [0.25, 0.3) is 0 Å². The molecule has 1 aliphatic rings. The lowest BCUT2D eigenvalue weighted by atomic mass is 9.91. The van der Waals surface area contributed by atoms with E-state index in [2.05, 4.69) is 15.6 Å². The number of terminal acetylenes is 1. The fraction of sp³-hybridized carbons (Fsp3) is 0.154. The van der Waals surface area contributed by atoms with Gasteiger partial charge in [0.05, 0.1) is 29.4 Å².